The Morgan fingerprint density at radius 2 is 2.17 bits per heavy atom. The highest BCUT2D eigenvalue weighted by Crippen LogP contribution is 2.18. The molecule has 2 aromatic rings. The van der Waals surface area contributed by atoms with Crippen LogP contribution in [0.1, 0.15) is 43.9 Å². The number of hydrogen-bond donors (Lipinski definition) is 2. The highest BCUT2D eigenvalue weighted by Gasteiger charge is 2.26. The monoisotopic (exact) mass is 315 g/mol. The Labute approximate surface area is 137 Å². The van der Waals surface area contributed by atoms with Crippen molar-refractivity contribution in [2.45, 2.75) is 52.1 Å². The van der Waals surface area contributed by atoms with Crippen molar-refractivity contribution in [2.75, 3.05) is 13.7 Å². The van der Waals surface area contributed by atoms with Crippen molar-refractivity contribution in [1.29, 1.82) is 0 Å². The second-order valence-corrected chi connectivity index (χ2v) is 6.66. The molecule has 4 heteroatoms. The van der Waals surface area contributed by atoms with E-state index in [1.165, 1.54) is 32.2 Å². The van der Waals surface area contributed by atoms with Gasteiger partial charge in [0.15, 0.2) is 5.43 Å². The number of quaternary nitrogens is 1. The van der Waals surface area contributed by atoms with E-state index in [0.717, 1.165) is 34.5 Å². The van der Waals surface area contributed by atoms with E-state index in [-0.39, 0.29) is 5.43 Å². The zero-order valence-electron chi connectivity index (χ0n) is 14.4. The molecule has 0 spiro atoms. The van der Waals surface area contributed by atoms with Crippen molar-refractivity contribution in [1.82, 2.24) is 4.98 Å². The Bertz CT molecular complexity index is 751. The maximum atomic E-state index is 13.0. The van der Waals surface area contributed by atoms with E-state index in [4.69, 9.17) is 4.74 Å². The van der Waals surface area contributed by atoms with Crippen LogP contribution < -0.4 is 15.1 Å². The number of piperidine rings is 1. The van der Waals surface area contributed by atoms with Gasteiger partial charge in [-0.2, -0.15) is 0 Å². The van der Waals surface area contributed by atoms with Crippen LogP contribution in [-0.4, -0.2) is 24.7 Å². The smallest absolute Gasteiger partial charge is 0.198 e. The predicted molar refractivity (Wildman–Crippen MR) is 93.3 cm³/mol. The molecule has 1 unspecified atom stereocenters. The number of H-pyrrole nitrogens is 1. The van der Waals surface area contributed by atoms with Crippen molar-refractivity contribution < 1.29 is 9.64 Å². The van der Waals surface area contributed by atoms with Crippen molar-refractivity contribution in [3.63, 3.8) is 0 Å². The molecule has 2 N–H and O–H groups in total. The summed E-state index contributed by atoms with van der Waals surface area (Å²) in [7, 11) is 1.63. The quantitative estimate of drug-likeness (QED) is 0.908. The van der Waals surface area contributed by atoms with Crippen LogP contribution in [0.4, 0.5) is 0 Å². The van der Waals surface area contributed by atoms with Gasteiger partial charge in [-0.05, 0) is 50.8 Å². The summed E-state index contributed by atoms with van der Waals surface area (Å²) in [5.41, 5.74) is 2.97. The fourth-order valence-electron chi connectivity index (χ4n) is 3.87. The summed E-state index contributed by atoms with van der Waals surface area (Å²) in [6.45, 7) is 6.28. The molecule has 0 bridgehead atoms. The van der Waals surface area contributed by atoms with Gasteiger partial charge in [0, 0.05) is 16.6 Å². The average Bonchev–Trinajstić information content (AvgIpc) is 2.58. The molecule has 0 aliphatic carbocycles. The molecule has 1 aromatic heterocycles. The lowest BCUT2D eigenvalue weighted by atomic mass is 9.98. The van der Waals surface area contributed by atoms with Crippen LogP contribution in [0.15, 0.2) is 23.0 Å². The van der Waals surface area contributed by atoms with Crippen molar-refractivity contribution in [3.8, 4) is 5.75 Å². The standard InChI is InChI=1S/C19H26N2O2/c1-4-14-7-5-6-10-21(14)12-17-13(2)20-18-9-8-15(23-3)11-16(18)19(17)22/h8-9,11,14H,4-7,10,12H2,1-3H3,(H,20,22)/p+1/t14-/m1/s1. The Morgan fingerprint density at radius 1 is 1.35 bits per heavy atom. The first kappa shape index (κ1) is 16.1. The lowest BCUT2D eigenvalue weighted by molar-refractivity contribution is -0.944. The maximum Gasteiger partial charge on any atom is 0.198 e. The molecule has 1 aliphatic heterocycles. The molecule has 1 fully saturated rings. The summed E-state index contributed by atoms with van der Waals surface area (Å²) in [6, 6.07) is 6.35. The Hall–Kier alpha value is -1.81. The molecule has 0 radical (unpaired) electrons. The van der Waals surface area contributed by atoms with E-state index < -0.39 is 0 Å². The highest BCUT2D eigenvalue weighted by atomic mass is 16.5. The fourth-order valence-corrected chi connectivity index (χ4v) is 3.87. The molecule has 3 rings (SSSR count). The molecule has 2 atom stereocenters. The number of benzene rings is 1. The van der Waals surface area contributed by atoms with Gasteiger partial charge in [0.2, 0.25) is 0 Å². The van der Waals surface area contributed by atoms with Crippen LogP contribution in [0.5, 0.6) is 5.75 Å². The average molecular weight is 315 g/mol. The molecule has 1 aliphatic rings. The van der Waals surface area contributed by atoms with Crippen LogP contribution in [0.3, 0.4) is 0 Å². The number of rotatable bonds is 4. The van der Waals surface area contributed by atoms with Gasteiger partial charge >= 0.3 is 0 Å². The first-order chi connectivity index (χ1) is 11.1. The number of nitrogens with one attached hydrogen (secondary N) is 2. The number of pyridine rings is 1. The van der Waals surface area contributed by atoms with Gasteiger partial charge in [-0.15, -0.1) is 0 Å². The molecule has 2 heterocycles. The summed E-state index contributed by atoms with van der Waals surface area (Å²) in [4.78, 5) is 18.0. The van der Waals surface area contributed by atoms with E-state index in [2.05, 4.69) is 11.9 Å². The van der Waals surface area contributed by atoms with E-state index in [1.54, 1.807) is 12.0 Å². The summed E-state index contributed by atoms with van der Waals surface area (Å²) < 4.78 is 5.27. The number of methoxy groups -OCH3 is 1. The largest absolute Gasteiger partial charge is 0.497 e. The van der Waals surface area contributed by atoms with Gasteiger partial charge in [0.05, 0.1) is 25.3 Å². The third-order valence-corrected chi connectivity index (χ3v) is 5.29. The molecular formula is C19H27N2O2+. The van der Waals surface area contributed by atoms with E-state index in [9.17, 15) is 4.79 Å². The maximum absolute atomic E-state index is 13.0. The van der Waals surface area contributed by atoms with Crippen LogP contribution >= 0.6 is 0 Å². The van der Waals surface area contributed by atoms with Crippen LogP contribution in [0.2, 0.25) is 0 Å². The van der Waals surface area contributed by atoms with Gasteiger partial charge < -0.3 is 14.6 Å². The molecule has 0 saturated carbocycles. The topological polar surface area (TPSA) is 46.5 Å². The second-order valence-electron chi connectivity index (χ2n) is 6.66. The van der Waals surface area contributed by atoms with Crippen molar-refractivity contribution in [3.05, 3.63) is 39.7 Å². The predicted octanol–water partition coefficient (Wildman–Crippen LogP) is 2.19. The number of aromatic nitrogens is 1. The highest BCUT2D eigenvalue weighted by molar-refractivity contribution is 5.81. The third kappa shape index (κ3) is 3.13. The van der Waals surface area contributed by atoms with E-state index in [1.807, 2.05) is 25.1 Å². The molecule has 124 valence electrons. The number of aryl methyl sites for hydroxylation is 1. The summed E-state index contributed by atoms with van der Waals surface area (Å²) in [5.74, 6) is 0.731. The summed E-state index contributed by atoms with van der Waals surface area (Å²) >= 11 is 0. The third-order valence-electron chi connectivity index (χ3n) is 5.29. The van der Waals surface area contributed by atoms with Gasteiger partial charge in [0.1, 0.15) is 12.3 Å². The zero-order valence-corrected chi connectivity index (χ0v) is 14.4. The van der Waals surface area contributed by atoms with Gasteiger partial charge in [-0.3, -0.25) is 4.79 Å². The molecule has 1 aromatic carbocycles. The Balaban J connectivity index is 2.01. The van der Waals surface area contributed by atoms with Gasteiger partial charge in [-0.1, -0.05) is 6.92 Å². The Morgan fingerprint density at radius 3 is 2.91 bits per heavy atom. The second kappa shape index (κ2) is 6.75. The van der Waals surface area contributed by atoms with Gasteiger partial charge in [0.25, 0.3) is 0 Å². The van der Waals surface area contributed by atoms with Crippen LogP contribution in [0, 0.1) is 6.92 Å². The molecule has 1 saturated heterocycles. The normalized spacial score (nSPS) is 21.5. The van der Waals surface area contributed by atoms with Crippen molar-refractivity contribution in [2.24, 2.45) is 0 Å². The van der Waals surface area contributed by atoms with Crippen LogP contribution in [0.25, 0.3) is 10.9 Å². The SMILES string of the molecule is CC[C@@H]1CCCC[NH+]1Cc1c(C)[nH]c2ccc(OC)cc2c1=O. The number of hydrogen-bond acceptors (Lipinski definition) is 2. The summed E-state index contributed by atoms with van der Waals surface area (Å²) in [6.07, 6.45) is 5.06. The van der Waals surface area contributed by atoms with Crippen LogP contribution in [-0.2, 0) is 6.54 Å². The lowest BCUT2D eigenvalue weighted by Gasteiger charge is -2.32. The lowest BCUT2D eigenvalue weighted by Crippen LogP contribution is -3.15. The summed E-state index contributed by atoms with van der Waals surface area (Å²) in [5, 5.41) is 0.731. The number of aromatic amines is 1. The van der Waals surface area contributed by atoms with E-state index >= 15 is 0 Å². The van der Waals surface area contributed by atoms with Gasteiger partial charge in [-0.25, -0.2) is 0 Å². The number of ether oxygens (including phenoxy) is 1. The first-order valence-corrected chi connectivity index (χ1v) is 8.68. The first-order valence-electron chi connectivity index (χ1n) is 8.68. The molecule has 4 nitrogen and oxygen atoms in total. The molecular weight excluding hydrogens is 288 g/mol. The minimum Gasteiger partial charge on any atom is -0.497 e. The molecule has 0 amide bonds. The minimum absolute atomic E-state index is 0.156. The Kier molecular flexibility index (Phi) is 4.71. The molecule has 23 heavy (non-hydrogen) atoms. The minimum atomic E-state index is 0.156. The zero-order chi connectivity index (χ0) is 16.4. The number of fused-ring (bicyclic) bond motifs is 1. The van der Waals surface area contributed by atoms with E-state index in [0.29, 0.717) is 6.04 Å². The number of likely N-dealkylation sites (tertiary alicyclic amines) is 1. The fraction of sp³-hybridized carbons (Fsp3) is 0.526. The van der Waals surface area contributed by atoms with Crippen molar-refractivity contribution >= 4 is 10.9 Å².